The first-order valence-electron chi connectivity index (χ1n) is 5.29. The highest BCUT2D eigenvalue weighted by atomic mass is 19.1. The highest BCUT2D eigenvalue weighted by Crippen LogP contribution is 2.36. The molecule has 1 N–H and O–H groups in total. The summed E-state index contributed by atoms with van der Waals surface area (Å²) in [6.07, 6.45) is 3.38. The van der Waals surface area contributed by atoms with E-state index in [0.29, 0.717) is 19.4 Å². The van der Waals surface area contributed by atoms with Crippen molar-refractivity contribution in [2.75, 3.05) is 26.3 Å². The minimum absolute atomic E-state index is 0.156. The Balaban J connectivity index is 1.94. The van der Waals surface area contributed by atoms with Gasteiger partial charge in [-0.3, -0.25) is 0 Å². The molecule has 0 spiro atoms. The third-order valence-electron chi connectivity index (χ3n) is 3.33. The second-order valence-electron chi connectivity index (χ2n) is 4.20. The predicted octanol–water partition coefficient (Wildman–Crippen LogP) is 1.50. The molecular formula is C10H18FNO. The van der Waals surface area contributed by atoms with Gasteiger partial charge in [-0.15, -0.1) is 0 Å². The van der Waals surface area contributed by atoms with Crippen molar-refractivity contribution in [3.05, 3.63) is 0 Å². The molecule has 2 aliphatic rings. The van der Waals surface area contributed by atoms with Gasteiger partial charge in [0.25, 0.3) is 0 Å². The maximum absolute atomic E-state index is 14.3. The molecule has 2 rings (SSSR count). The quantitative estimate of drug-likeness (QED) is 0.671. The Morgan fingerprint density at radius 1 is 1.31 bits per heavy atom. The fourth-order valence-electron chi connectivity index (χ4n) is 2.40. The van der Waals surface area contributed by atoms with Crippen molar-refractivity contribution >= 4 is 0 Å². The third-order valence-corrected chi connectivity index (χ3v) is 3.33. The van der Waals surface area contributed by atoms with Gasteiger partial charge in [-0.1, -0.05) is 0 Å². The summed E-state index contributed by atoms with van der Waals surface area (Å²) in [5.41, 5.74) is -0.939. The van der Waals surface area contributed by atoms with Crippen molar-refractivity contribution in [3.63, 3.8) is 0 Å². The molecule has 13 heavy (non-hydrogen) atoms. The summed E-state index contributed by atoms with van der Waals surface area (Å²) in [7, 11) is 0. The summed E-state index contributed by atoms with van der Waals surface area (Å²) in [4.78, 5) is 0. The number of nitrogens with one attached hydrogen (secondary N) is 1. The molecule has 2 fully saturated rings. The highest BCUT2D eigenvalue weighted by molar-refractivity contribution is 4.91. The summed E-state index contributed by atoms with van der Waals surface area (Å²) in [5.74, 6) is 0.156. The van der Waals surface area contributed by atoms with E-state index in [0.717, 1.165) is 32.5 Å². The van der Waals surface area contributed by atoms with E-state index in [2.05, 4.69) is 5.32 Å². The van der Waals surface area contributed by atoms with Gasteiger partial charge < -0.3 is 10.1 Å². The Hall–Kier alpha value is -0.150. The number of piperidine rings is 1. The van der Waals surface area contributed by atoms with Crippen molar-refractivity contribution in [2.45, 2.75) is 31.4 Å². The van der Waals surface area contributed by atoms with E-state index in [9.17, 15) is 4.39 Å². The van der Waals surface area contributed by atoms with Crippen molar-refractivity contribution in [2.24, 2.45) is 5.92 Å². The molecule has 0 aromatic heterocycles. The lowest BCUT2D eigenvalue weighted by Gasteiger charge is -2.38. The van der Waals surface area contributed by atoms with Gasteiger partial charge in [0.05, 0.1) is 6.61 Å². The largest absolute Gasteiger partial charge is 0.381 e. The van der Waals surface area contributed by atoms with Crippen LogP contribution in [-0.2, 0) is 4.74 Å². The van der Waals surface area contributed by atoms with Gasteiger partial charge in [0.1, 0.15) is 5.67 Å². The molecule has 0 bridgehead atoms. The number of alkyl halides is 1. The van der Waals surface area contributed by atoms with E-state index in [1.807, 2.05) is 0 Å². The van der Waals surface area contributed by atoms with Crippen LogP contribution < -0.4 is 5.32 Å². The van der Waals surface area contributed by atoms with Gasteiger partial charge in [-0.25, -0.2) is 4.39 Å². The summed E-state index contributed by atoms with van der Waals surface area (Å²) in [5, 5.41) is 3.20. The zero-order valence-electron chi connectivity index (χ0n) is 8.02. The first kappa shape index (κ1) is 9.41. The van der Waals surface area contributed by atoms with Gasteiger partial charge in [-0.05, 0) is 38.8 Å². The SMILES string of the molecule is FC1(C2CCCOC2)CCNCC1. The highest BCUT2D eigenvalue weighted by Gasteiger charge is 2.40. The van der Waals surface area contributed by atoms with E-state index < -0.39 is 5.67 Å². The third kappa shape index (κ3) is 2.02. The fourth-order valence-corrected chi connectivity index (χ4v) is 2.40. The van der Waals surface area contributed by atoms with Crippen molar-refractivity contribution in [1.82, 2.24) is 5.32 Å². The molecule has 0 amide bonds. The molecular weight excluding hydrogens is 169 g/mol. The zero-order chi connectivity index (χ0) is 9.15. The molecule has 0 aromatic rings. The van der Waals surface area contributed by atoms with E-state index in [1.165, 1.54) is 0 Å². The smallest absolute Gasteiger partial charge is 0.118 e. The van der Waals surface area contributed by atoms with Crippen LogP contribution in [0.3, 0.4) is 0 Å². The summed E-state index contributed by atoms with van der Waals surface area (Å²) >= 11 is 0. The number of rotatable bonds is 1. The lowest BCUT2D eigenvalue weighted by atomic mass is 9.79. The Kier molecular flexibility index (Phi) is 2.84. The molecule has 2 aliphatic heterocycles. The van der Waals surface area contributed by atoms with Crippen molar-refractivity contribution in [3.8, 4) is 0 Å². The molecule has 0 radical (unpaired) electrons. The lowest BCUT2D eigenvalue weighted by molar-refractivity contribution is -0.0431. The first-order valence-corrected chi connectivity index (χ1v) is 5.29. The molecule has 0 aliphatic carbocycles. The Morgan fingerprint density at radius 2 is 2.08 bits per heavy atom. The number of halogens is 1. The number of hydrogen-bond acceptors (Lipinski definition) is 2. The van der Waals surface area contributed by atoms with Gasteiger partial charge in [-0.2, -0.15) is 0 Å². The van der Waals surface area contributed by atoms with E-state index in [-0.39, 0.29) is 5.92 Å². The molecule has 1 atom stereocenters. The van der Waals surface area contributed by atoms with Crippen LogP contribution in [0.2, 0.25) is 0 Å². The molecule has 2 nitrogen and oxygen atoms in total. The summed E-state index contributed by atoms with van der Waals surface area (Å²) in [6.45, 7) is 3.11. The Morgan fingerprint density at radius 3 is 2.69 bits per heavy atom. The van der Waals surface area contributed by atoms with E-state index in [1.54, 1.807) is 0 Å². The molecule has 1 unspecified atom stereocenters. The molecule has 3 heteroatoms. The van der Waals surface area contributed by atoms with Crippen molar-refractivity contribution < 1.29 is 9.13 Å². The van der Waals surface area contributed by atoms with Crippen LogP contribution in [0, 0.1) is 5.92 Å². The normalized spacial score (nSPS) is 34.4. The van der Waals surface area contributed by atoms with Crippen LogP contribution >= 0.6 is 0 Å². The maximum atomic E-state index is 14.3. The number of ether oxygens (including phenoxy) is 1. The topological polar surface area (TPSA) is 21.3 Å². The van der Waals surface area contributed by atoms with E-state index in [4.69, 9.17) is 4.74 Å². The molecule has 76 valence electrons. The van der Waals surface area contributed by atoms with Gasteiger partial charge in [0.2, 0.25) is 0 Å². The van der Waals surface area contributed by atoms with Crippen LogP contribution in [-0.4, -0.2) is 32.0 Å². The van der Waals surface area contributed by atoms with Crippen LogP contribution in [0.5, 0.6) is 0 Å². The Labute approximate surface area is 78.8 Å². The Bertz CT molecular complexity index is 162. The second kappa shape index (κ2) is 3.93. The minimum Gasteiger partial charge on any atom is -0.381 e. The molecule has 2 heterocycles. The van der Waals surface area contributed by atoms with Crippen LogP contribution in [0.15, 0.2) is 0 Å². The minimum atomic E-state index is -0.939. The summed E-state index contributed by atoms with van der Waals surface area (Å²) < 4.78 is 19.7. The van der Waals surface area contributed by atoms with E-state index >= 15 is 0 Å². The lowest BCUT2D eigenvalue weighted by Crippen LogP contribution is -2.46. The average Bonchev–Trinajstić information content (AvgIpc) is 2.20. The molecule has 0 saturated carbocycles. The van der Waals surface area contributed by atoms with Crippen LogP contribution in [0.4, 0.5) is 4.39 Å². The number of hydrogen-bond donors (Lipinski definition) is 1. The van der Waals surface area contributed by atoms with Crippen molar-refractivity contribution in [1.29, 1.82) is 0 Å². The van der Waals surface area contributed by atoms with Crippen LogP contribution in [0.1, 0.15) is 25.7 Å². The predicted molar refractivity (Wildman–Crippen MR) is 49.5 cm³/mol. The van der Waals surface area contributed by atoms with Gasteiger partial charge in [0.15, 0.2) is 0 Å². The molecule has 2 saturated heterocycles. The first-order chi connectivity index (χ1) is 6.31. The van der Waals surface area contributed by atoms with Gasteiger partial charge >= 0.3 is 0 Å². The standard InChI is InChI=1S/C10H18FNO/c11-10(3-5-12-6-4-10)9-2-1-7-13-8-9/h9,12H,1-8H2. The summed E-state index contributed by atoms with van der Waals surface area (Å²) in [6, 6.07) is 0. The second-order valence-corrected chi connectivity index (χ2v) is 4.20. The van der Waals surface area contributed by atoms with Gasteiger partial charge in [0, 0.05) is 12.5 Å². The monoisotopic (exact) mass is 187 g/mol. The average molecular weight is 187 g/mol. The molecule has 0 aromatic carbocycles. The zero-order valence-corrected chi connectivity index (χ0v) is 8.02. The fraction of sp³-hybridized carbons (Fsp3) is 1.00. The van der Waals surface area contributed by atoms with Crippen LogP contribution in [0.25, 0.3) is 0 Å². The maximum Gasteiger partial charge on any atom is 0.118 e.